The van der Waals surface area contributed by atoms with E-state index >= 15 is 0 Å². The molecule has 1 amide bonds. The summed E-state index contributed by atoms with van der Waals surface area (Å²) < 4.78 is 5.80. The van der Waals surface area contributed by atoms with Gasteiger partial charge in [0.05, 0.1) is 19.1 Å². The van der Waals surface area contributed by atoms with Crippen LogP contribution >= 0.6 is 0 Å². The van der Waals surface area contributed by atoms with Gasteiger partial charge in [0, 0.05) is 24.9 Å². The van der Waals surface area contributed by atoms with E-state index < -0.39 is 0 Å². The number of pyridine rings is 1. The van der Waals surface area contributed by atoms with Crippen molar-refractivity contribution in [3.8, 4) is 0 Å². The zero-order valence-electron chi connectivity index (χ0n) is 13.6. The van der Waals surface area contributed by atoms with Crippen molar-refractivity contribution in [2.45, 2.75) is 51.7 Å². The molecule has 1 aliphatic heterocycles. The number of carbonyl (C=O) groups is 1. The third-order valence-corrected chi connectivity index (χ3v) is 4.73. The van der Waals surface area contributed by atoms with Gasteiger partial charge in [-0.3, -0.25) is 9.59 Å². The Balaban J connectivity index is 1.68. The summed E-state index contributed by atoms with van der Waals surface area (Å²) in [7, 11) is 0. The standard InChI is InChI=1S/C18H24N2O3/c1-2-23-16(14-5-3-4-6-14)11-17(21)20-10-8-13-7-9-19-18(22)15(13)12-20/h5,7,9,16H,2-4,6,8,10-12H2,1H3,(H,19,22). The molecule has 124 valence electrons. The SMILES string of the molecule is CCOC(CC(=O)N1CCc2cc[nH]c(=O)c2C1)C1=CCCC1. The van der Waals surface area contributed by atoms with Gasteiger partial charge in [0.25, 0.3) is 5.56 Å². The molecule has 0 bridgehead atoms. The van der Waals surface area contributed by atoms with E-state index in [1.807, 2.05) is 13.0 Å². The molecule has 2 aliphatic rings. The number of rotatable bonds is 5. The van der Waals surface area contributed by atoms with Gasteiger partial charge in [0.2, 0.25) is 5.91 Å². The van der Waals surface area contributed by atoms with Crippen molar-refractivity contribution in [2.24, 2.45) is 0 Å². The van der Waals surface area contributed by atoms with Crippen LogP contribution in [0.5, 0.6) is 0 Å². The molecule has 5 nitrogen and oxygen atoms in total. The van der Waals surface area contributed by atoms with Crippen LogP contribution < -0.4 is 5.56 Å². The highest BCUT2D eigenvalue weighted by Gasteiger charge is 2.27. The zero-order chi connectivity index (χ0) is 16.2. The average Bonchev–Trinajstić information content (AvgIpc) is 3.09. The first-order chi connectivity index (χ1) is 11.2. The molecule has 1 N–H and O–H groups in total. The first-order valence-corrected chi connectivity index (χ1v) is 8.46. The summed E-state index contributed by atoms with van der Waals surface area (Å²) in [6.07, 6.45) is 8.16. The van der Waals surface area contributed by atoms with Gasteiger partial charge in [-0.15, -0.1) is 0 Å². The van der Waals surface area contributed by atoms with Gasteiger partial charge in [-0.25, -0.2) is 0 Å². The van der Waals surface area contributed by atoms with E-state index in [0.29, 0.717) is 26.1 Å². The Hall–Kier alpha value is -1.88. The van der Waals surface area contributed by atoms with E-state index in [1.54, 1.807) is 11.1 Å². The molecule has 0 saturated carbocycles. The second kappa shape index (κ2) is 7.13. The molecule has 0 aromatic carbocycles. The van der Waals surface area contributed by atoms with Gasteiger partial charge >= 0.3 is 0 Å². The molecule has 0 saturated heterocycles. The monoisotopic (exact) mass is 316 g/mol. The Morgan fingerprint density at radius 3 is 3.04 bits per heavy atom. The molecule has 3 rings (SSSR count). The molecule has 1 atom stereocenters. The smallest absolute Gasteiger partial charge is 0.253 e. The molecule has 0 spiro atoms. The van der Waals surface area contributed by atoms with E-state index in [0.717, 1.165) is 36.8 Å². The van der Waals surface area contributed by atoms with Crippen LogP contribution in [0.3, 0.4) is 0 Å². The van der Waals surface area contributed by atoms with Crippen LogP contribution in [-0.2, 0) is 22.5 Å². The number of ether oxygens (including phenoxy) is 1. The van der Waals surface area contributed by atoms with E-state index in [-0.39, 0.29) is 17.6 Å². The van der Waals surface area contributed by atoms with Gasteiger partial charge in [-0.05, 0) is 49.8 Å². The molecular weight excluding hydrogens is 292 g/mol. The van der Waals surface area contributed by atoms with E-state index in [1.165, 1.54) is 5.57 Å². The van der Waals surface area contributed by atoms with Crippen LogP contribution in [0.4, 0.5) is 0 Å². The number of aromatic amines is 1. The fraction of sp³-hybridized carbons (Fsp3) is 0.556. The molecule has 1 aromatic heterocycles. The average molecular weight is 316 g/mol. The van der Waals surface area contributed by atoms with E-state index in [2.05, 4.69) is 11.1 Å². The largest absolute Gasteiger partial charge is 0.374 e. The summed E-state index contributed by atoms with van der Waals surface area (Å²) in [5, 5.41) is 0. The fourth-order valence-electron chi connectivity index (χ4n) is 3.47. The van der Waals surface area contributed by atoms with Crippen molar-refractivity contribution in [1.29, 1.82) is 0 Å². The van der Waals surface area contributed by atoms with Crippen molar-refractivity contribution < 1.29 is 9.53 Å². The lowest BCUT2D eigenvalue weighted by molar-refractivity contribution is -0.134. The molecule has 1 aliphatic carbocycles. The molecule has 1 aromatic rings. The Morgan fingerprint density at radius 1 is 1.43 bits per heavy atom. The minimum absolute atomic E-state index is 0.0742. The number of carbonyl (C=O) groups excluding carboxylic acids is 1. The predicted octanol–water partition coefficient (Wildman–Crippen LogP) is 2.17. The maximum atomic E-state index is 12.7. The number of nitrogens with one attached hydrogen (secondary N) is 1. The van der Waals surface area contributed by atoms with Gasteiger partial charge in [0.15, 0.2) is 0 Å². The van der Waals surface area contributed by atoms with Crippen molar-refractivity contribution in [3.63, 3.8) is 0 Å². The Bertz CT molecular complexity index is 662. The first kappa shape index (κ1) is 16.0. The lowest BCUT2D eigenvalue weighted by Gasteiger charge is -2.30. The maximum Gasteiger partial charge on any atom is 0.253 e. The highest BCUT2D eigenvalue weighted by molar-refractivity contribution is 5.77. The lowest BCUT2D eigenvalue weighted by Crippen LogP contribution is -2.40. The molecule has 1 unspecified atom stereocenters. The highest BCUT2D eigenvalue weighted by Crippen LogP contribution is 2.26. The van der Waals surface area contributed by atoms with Gasteiger partial charge in [-0.2, -0.15) is 0 Å². The van der Waals surface area contributed by atoms with Crippen LogP contribution in [0.15, 0.2) is 28.7 Å². The molecular formula is C18H24N2O3. The van der Waals surface area contributed by atoms with Crippen LogP contribution in [0.2, 0.25) is 0 Å². The first-order valence-electron chi connectivity index (χ1n) is 8.46. The van der Waals surface area contributed by atoms with Gasteiger partial charge in [0.1, 0.15) is 0 Å². The number of H-pyrrole nitrogens is 1. The topological polar surface area (TPSA) is 62.4 Å². The Labute approximate surface area is 136 Å². The number of nitrogens with zero attached hydrogens (tertiary/aromatic N) is 1. The van der Waals surface area contributed by atoms with E-state index in [4.69, 9.17) is 4.74 Å². The Morgan fingerprint density at radius 2 is 2.30 bits per heavy atom. The molecule has 5 heteroatoms. The number of hydrogen-bond donors (Lipinski definition) is 1. The summed E-state index contributed by atoms with van der Waals surface area (Å²) in [6, 6.07) is 1.94. The minimum Gasteiger partial charge on any atom is -0.374 e. The van der Waals surface area contributed by atoms with Crippen molar-refractivity contribution >= 4 is 5.91 Å². The molecule has 0 radical (unpaired) electrons. The number of hydrogen-bond acceptors (Lipinski definition) is 3. The highest BCUT2D eigenvalue weighted by atomic mass is 16.5. The number of fused-ring (bicyclic) bond motifs is 1. The van der Waals surface area contributed by atoms with Gasteiger partial charge in [-0.1, -0.05) is 6.08 Å². The second-order valence-corrected chi connectivity index (χ2v) is 6.20. The summed E-state index contributed by atoms with van der Waals surface area (Å²) in [4.78, 5) is 29.1. The summed E-state index contributed by atoms with van der Waals surface area (Å²) in [5.74, 6) is 0.0742. The maximum absolute atomic E-state index is 12.7. The van der Waals surface area contributed by atoms with Gasteiger partial charge < -0.3 is 14.6 Å². The Kier molecular flexibility index (Phi) is 4.96. The molecule has 23 heavy (non-hydrogen) atoms. The van der Waals surface area contributed by atoms with Crippen molar-refractivity contribution in [2.75, 3.05) is 13.2 Å². The molecule has 2 heterocycles. The summed E-state index contributed by atoms with van der Waals surface area (Å²) in [5.41, 5.74) is 2.95. The molecule has 0 fully saturated rings. The number of allylic oxidation sites excluding steroid dienone is 1. The van der Waals surface area contributed by atoms with Crippen LogP contribution in [0, 0.1) is 0 Å². The lowest BCUT2D eigenvalue weighted by atomic mass is 10.0. The van der Waals surface area contributed by atoms with Crippen molar-refractivity contribution in [3.05, 3.63) is 45.4 Å². The quantitative estimate of drug-likeness (QED) is 0.847. The van der Waals surface area contributed by atoms with Crippen LogP contribution in [-0.4, -0.2) is 35.0 Å². The number of aromatic nitrogens is 1. The van der Waals surface area contributed by atoms with Crippen LogP contribution in [0.25, 0.3) is 0 Å². The minimum atomic E-state index is -0.106. The third kappa shape index (κ3) is 3.55. The normalized spacial score (nSPS) is 18.5. The number of amides is 1. The second-order valence-electron chi connectivity index (χ2n) is 6.20. The summed E-state index contributed by atoms with van der Waals surface area (Å²) >= 11 is 0. The zero-order valence-corrected chi connectivity index (χ0v) is 13.6. The fourth-order valence-corrected chi connectivity index (χ4v) is 3.47. The predicted molar refractivity (Wildman–Crippen MR) is 88.1 cm³/mol. The van der Waals surface area contributed by atoms with E-state index in [9.17, 15) is 9.59 Å². The van der Waals surface area contributed by atoms with Crippen LogP contribution in [0.1, 0.15) is 43.7 Å². The third-order valence-electron chi connectivity index (χ3n) is 4.73. The van der Waals surface area contributed by atoms with Crippen molar-refractivity contribution in [1.82, 2.24) is 9.88 Å². The summed E-state index contributed by atoms with van der Waals surface area (Å²) in [6.45, 7) is 3.65.